The van der Waals surface area contributed by atoms with Gasteiger partial charge in [-0.25, -0.2) is 4.98 Å². The largest absolute Gasteiger partial charge is 0.374 e. The number of benzene rings is 1. The molecule has 1 N–H and O–H groups in total. The molecule has 1 fully saturated rings. The Morgan fingerprint density at radius 1 is 1.18 bits per heavy atom. The molecule has 0 saturated carbocycles. The van der Waals surface area contributed by atoms with Crippen molar-refractivity contribution in [2.24, 2.45) is 0 Å². The number of carbonyl (C=O) groups excluding carboxylic acids is 1. The maximum atomic E-state index is 12.3. The molecular weight excluding hydrogens is 350 g/mol. The molecule has 0 aliphatic carbocycles. The maximum absolute atomic E-state index is 12.3. The zero-order chi connectivity index (χ0) is 19.3. The molecule has 1 saturated heterocycles. The van der Waals surface area contributed by atoms with E-state index in [-0.39, 0.29) is 11.9 Å². The highest BCUT2D eigenvalue weighted by molar-refractivity contribution is 5.92. The van der Waals surface area contributed by atoms with Crippen LogP contribution in [0.3, 0.4) is 0 Å². The van der Waals surface area contributed by atoms with E-state index in [1.807, 2.05) is 0 Å². The van der Waals surface area contributed by atoms with E-state index in [4.69, 9.17) is 0 Å². The Morgan fingerprint density at radius 2 is 2.11 bits per heavy atom. The van der Waals surface area contributed by atoms with Crippen molar-refractivity contribution in [2.45, 2.75) is 44.7 Å². The summed E-state index contributed by atoms with van der Waals surface area (Å²) in [4.78, 5) is 25.3. The second-order valence-corrected chi connectivity index (χ2v) is 7.96. The summed E-state index contributed by atoms with van der Waals surface area (Å²) in [5.41, 5.74) is 4.66. The first kappa shape index (κ1) is 18.9. The van der Waals surface area contributed by atoms with Gasteiger partial charge in [0.1, 0.15) is 5.69 Å². The van der Waals surface area contributed by atoms with E-state index in [9.17, 15) is 4.79 Å². The van der Waals surface area contributed by atoms with Gasteiger partial charge in [0.2, 0.25) is 0 Å². The first-order chi connectivity index (χ1) is 13.7. The van der Waals surface area contributed by atoms with E-state index in [1.54, 1.807) is 12.4 Å². The van der Waals surface area contributed by atoms with Crippen LogP contribution in [0.15, 0.2) is 36.8 Å². The van der Waals surface area contributed by atoms with Crippen molar-refractivity contribution >= 4 is 11.6 Å². The van der Waals surface area contributed by atoms with Crippen molar-refractivity contribution in [1.29, 1.82) is 0 Å². The van der Waals surface area contributed by atoms with Crippen molar-refractivity contribution in [1.82, 2.24) is 20.2 Å². The molecule has 2 aliphatic heterocycles. The van der Waals surface area contributed by atoms with Crippen LogP contribution in [0, 0.1) is 0 Å². The van der Waals surface area contributed by atoms with Crippen molar-refractivity contribution in [3.63, 3.8) is 0 Å². The van der Waals surface area contributed by atoms with Gasteiger partial charge in [0, 0.05) is 50.8 Å². The third-order valence-corrected chi connectivity index (χ3v) is 5.85. The quantitative estimate of drug-likeness (QED) is 0.885. The molecule has 1 unspecified atom stereocenters. The van der Waals surface area contributed by atoms with Crippen LogP contribution in [-0.2, 0) is 13.0 Å². The van der Waals surface area contributed by atoms with Gasteiger partial charge < -0.3 is 10.2 Å². The number of anilines is 1. The van der Waals surface area contributed by atoms with Crippen LogP contribution in [0.25, 0.3) is 0 Å². The van der Waals surface area contributed by atoms with Crippen molar-refractivity contribution in [3.8, 4) is 0 Å². The fourth-order valence-corrected chi connectivity index (χ4v) is 4.33. The number of fused-ring (bicyclic) bond motifs is 1. The molecule has 3 heterocycles. The molecule has 1 aromatic heterocycles. The predicted octanol–water partition coefficient (Wildman–Crippen LogP) is 2.64. The van der Waals surface area contributed by atoms with E-state index in [2.05, 4.69) is 50.3 Å². The van der Waals surface area contributed by atoms with E-state index in [0.29, 0.717) is 5.69 Å². The topological polar surface area (TPSA) is 61.4 Å². The fraction of sp³-hybridized carbons (Fsp3) is 0.500. The lowest BCUT2D eigenvalue weighted by molar-refractivity contribution is 0.0927. The molecule has 0 bridgehead atoms. The third-order valence-electron chi connectivity index (χ3n) is 5.85. The van der Waals surface area contributed by atoms with Crippen LogP contribution in [0.1, 0.15) is 47.3 Å². The van der Waals surface area contributed by atoms with Crippen molar-refractivity contribution in [3.05, 3.63) is 53.6 Å². The Hall–Kier alpha value is -2.47. The normalized spacial score (nSPS) is 20.3. The summed E-state index contributed by atoms with van der Waals surface area (Å²) >= 11 is 0. The van der Waals surface area contributed by atoms with Crippen LogP contribution in [0.2, 0.25) is 0 Å². The van der Waals surface area contributed by atoms with Gasteiger partial charge in [-0.2, -0.15) is 0 Å². The molecule has 1 amide bonds. The van der Waals surface area contributed by atoms with Gasteiger partial charge in [-0.05, 0) is 55.8 Å². The van der Waals surface area contributed by atoms with E-state index < -0.39 is 0 Å². The molecule has 6 heteroatoms. The number of amides is 1. The zero-order valence-corrected chi connectivity index (χ0v) is 16.6. The van der Waals surface area contributed by atoms with Crippen molar-refractivity contribution in [2.75, 3.05) is 31.6 Å². The molecule has 1 atom stereocenters. The van der Waals surface area contributed by atoms with Crippen LogP contribution in [-0.4, -0.2) is 53.5 Å². The van der Waals surface area contributed by atoms with Crippen LogP contribution in [0.5, 0.6) is 0 Å². The number of hydrogen-bond donors (Lipinski definition) is 1. The Morgan fingerprint density at radius 3 is 2.96 bits per heavy atom. The Labute approximate surface area is 167 Å². The van der Waals surface area contributed by atoms with Gasteiger partial charge >= 0.3 is 0 Å². The van der Waals surface area contributed by atoms with Gasteiger partial charge in [0.05, 0.1) is 6.20 Å². The molecule has 0 radical (unpaired) electrons. The number of likely N-dealkylation sites (tertiary alicyclic amines) is 1. The van der Waals surface area contributed by atoms with E-state index in [0.717, 1.165) is 45.4 Å². The lowest BCUT2D eigenvalue weighted by atomic mass is 9.99. The third kappa shape index (κ3) is 4.50. The summed E-state index contributed by atoms with van der Waals surface area (Å²) in [7, 11) is 2.18. The average Bonchev–Trinajstić information content (AvgIpc) is 2.94. The molecular formula is C22H29N5O. The lowest BCUT2D eigenvalue weighted by Gasteiger charge is -2.28. The number of carbonyl (C=O) groups is 1. The molecule has 148 valence electrons. The molecule has 2 aromatic rings. The van der Waals surface area contributed by atoms with Gasteiger partial charge in [-0.1, -0.05) is 12.1 Å². The molecule has 28 heavy (non-hydrogen) atoms. The molecule has 0 spiro atoms. The molecule has 2 aliphatic rings. The van der Waals surface area contributed by atoms with E-state index in [1.165, 1.54) is 35.9 Å². The number of aryl methyl sites for hydroxylation is 1. The van der Waals surface area contributed by atoms with Crippen LogP contribution >= 0.6 is 0 Å². The number of hydrogen-bond acceptors (Lipinski definition) is 5. The van der Waals surface area contributed by atoms with Gasteiger partial charge in [0.15, 0.2) is 0 Å². The Balaban J connectivity index is 1.32. The van der Waals surface area contributed by atoms with E-state index >= 15 is 0 Å². The van der Waals surface area contributed by atoms with Crippen LogP contribution in [0.4, 0.5) is 5.69 Å². The summed E-state index contributed by atoms with van der Waals surface area (Å²) in [5, 5.41) is 3.13. The number of rotatable bonds is 4. The van der Waals surface area contributed by atoms with Crippen molar-refractivity contribution < 1.29 is 4.79 Å². The Kier molecular flexibility index (Phi) is 5.86. The summed E-state index contributed by atoms with van der Waals surface area (Å²) < 4.78 is 0. The van der Waals surface area contributed by atoms with Gasteiger partial charge in [-0.3, -0.25) is 14.7 Å². The van der Waals surface area contributed by atoms with Crippen LogP contribution < -0.4 is 10.2 Å². The lowest BCUT2D eigenvalue weighted by Crippen LogP contribution is -2.36. The highest BCUT2D eigenvalue weighted by Gasteiger charge is 2.20. The second kappa shape index (κ2) is 8.69. The highest BCUT2D eigenvalue weighted by atomic mass is 16.1. The summed E-state index contributed by atoms with van der Waals surface area (Å²) in [6, 6.07) is 7.16. The summed E-state index contributed by atoms with van der Waals surface area (Å²) in [6.07, 6.45) is 10.2. The number of nitrogens with one attached hydrogen (secondary N) is 1. The maximum Gasteiger partial charge on any atom is 0.271 e. The SMILES string of the molecule is CN1CCCc2cc(CN3CCCC(NC(=O)c4cnccn4)CC3)ccc21. The number of aromatic nitrogens is 2. The smallest absolute Gasteiger partial charge is 0.271 e. The Bertz CT molecular complexity index is 810. The minimum absolute atomic E-state index is 0.120. The first-order valence-electron chi connectivity index (χ1n) is 10.3. The van der Waals surface area contributed by atoms with Gasteiger partial charge in [-0.15, -0.1) is 0 Å². The molecule has 1 aromatic carbocycles. The number of nitrogens with zero attached hydrogens (tertiary/aromatic N) is 4. The second-order valence-electron chi connectivity index (χ2n) is 7.96. The summed E-state index contributed by atoms with van der Waals surface area (Å²) in [5.74, 6) is -0.120. The molecule has 6 nitrogen and oxygen atoms in total. The zero-order valence-electron chi connectivity index (χ0n) is 16.6. The fourth-order valence-electron chi connectivity index (χ4n) is 4.33. The molecule has 4 rings (SSSR count). The standard InChI is InChI=1S/C22H29N5O/c1-26-11-2-4-18-14-17(6-7-21(18)26)16-27-12-3-5-19(8-13-27)25-22(28)20-15-23-9-10-24-20/h6-7,9-10,14-15,19H,2-5,8,11-13,16H2,1H3,(H,25,28). The monoisotopic (exact) mass is 379 g/mol. The summed E-state index contributed by atoms with van der Waals surface area (Å²) in [6.45, 7) is 4.22. The highest BCUT2D eigenvalue weighted by Crippen LogP contribution is 2.27. The minimum atomic E-state index is -0.120. The predicted molar refractivity (Wildman–Crippen MR) is 110 cm³/mol. The van der Waals surface area contributed by atoms with Gasteiger partial charge in [0.25, 0.3) is 5.91 Å². The first-order valence-corrected chi connectivity index (χ1v) is 10.3. The average molecular weight is 380 g/mol. The minimum Gasteiger partial charge on any atom is -0.374 e.